The first-order valence-electron chi connectivity index (χ1n) is 6.87. The van der Waals surface area contributed by atoms with Crippen LogP contribution in [-0.2, 0) is 0 Å². The summed E-state index contributed by atoms with van der Waals surface area (Å²) in [6.45, 7) is 4.17. The average Bonchev–Trinajstić information content (AvgIpc) is 2.46. The first kappa shape index (κ1) is 15.2. The maximum atomic E-state index is 13.9. The number of halogens is 2. The van der Waals surface area contributed by atoms with Gasteiger partial charge in [0.2, 0.25) is 0 Å². The second-order valence-electron chi connectivity index (χ2n) is 4.92. The molecule has 0 aliphatic carbocycles. The summed E-state index contributed by atoms with van der Waals surface area (Å²) in [5, 5.41) is 3.50. The largest absolute Gasteiger partial charge is 0.303 e. The maximum Gasteiger partial charge on any atom is 0.127 e. The van der Waals surface area contributed by atoms with Gasteiger partial charge in [0, 0.05) is 22.1 Å². The fourth-order valence-corrected chi connectivity index (χ4v) is 2.60. The minimum Gasteiger partial charge on any atom is -0.303 e. The van der Waals surface area contributed by atoms with E-state index in [2.05, 4.69) is 47.2 Å². The summed E-state index contributed by atoms with van der Waals surface area (Å²) in [7, 11) is 0. The Morgan fingerprint density at radius 1 is 1.10 bits per heavy atom. The second kappa shape index (κ2) is 7.00. The summed E-state index contributed by atoms with van der Waals surface area (Å²) < 4.78 is 15.0. The lowest BCUT2D eigenvalue weighted by Crippen LogP contribution is -2.25. The van der Waals surface area contributed by atoms with Crippen molar-refractivity contribution in [3.05, 3.63) is 69.9 Å². The minimum atomic E-state index is -0.144. The van der Waals surface area contributed by atoms with Crippen LogP contribution in [0.5, 0.6) is 0 Å². The number of rotatable bonds is 5. The van der Waals surface area contributed by atoms with Crippen LogP contribution in [0.2, 0.25) is 0 Å². The summed E-state index contributed by atoms with van der Waals surface area (Å²) in [5.74, 6) is -0.144. The predicted octanol–water partition coefficient (Wildman–Crippen LogP) is 5.39. The number of benzene rings is 2. The molecule has 0 saturated carbocycles. The Hall–Kier alpha value is -1.19. The maximum absolute atomic E-state index is 13.9. The van der Waals surface area contributed by atoms with Gasteiger partial charge in [-0.1, -0.05) is 53.2 Å². The summed E-state index contributed by atoms with van der Waals surface area (Å²) in [6.07, 6.45) is 0.849. The molecule has 0 heterocycles. The molecule has 1 nitrogen and oxygen atoms in total. The minimum absolute atomic E-state index is 0.0230. The molecule has 2 aromatic rings. The second-order valence-corrected chi connectivity index (χ2v) is 5.84. The number of hydrogen-bond acceptors (Lipinski definition) is 1. The van der Waals surface area contributed by atoms with E-state index in [-0.39, 0.29) is 17.9 Å². The van der Waals surface area contributed by atoms with Crippen LogP contribution in [0.4, 0.5) is 4.39 Å². The van der Waals surface area contributed by atoms with Crippen molar-refractivity contribution in [1.29, 1.82) is 0 Å². The highest BCUT2D eigenvalue weighted by molar-refractivity contribution is 9.10. The molecule has 1 N–H and O–H groups in total. The van der Waals surface area contributed by atoms with Crippen LogP contribution in [0.25, 0.3) is 0 Å². The van der Waals surface area contributed by atoms with E-state index in [0.717, 1.165) is 16.5 Å². The van der Waals surface area contributed by atoms with E-state index < -0.39 is 0 Å². The lowest BCUT2D eigenvalue weighted by atomic mass is 10.0. The van der Waals surface area contributed by atoms with Crippen molar-refractivity contribution in [3.63, 3.8) is 0 Å². The van der Waals surface area contributed by atoms with Crippen LogP contribution in [0.15, 0.2) is 53.0 Å². The molecule has 0 bridgehead atoms. The van der Waals surface area contributed by atoms with Gasteiger partial charge in [0.15, 0.2) is 0 Å². The Kier molecular flexibility index (Phi) is 5.32. The third-order valence-electron chi connectivity index (χ3n) is 3.51. The molecule has 0 aliphatic rings. The third-order valence-corrected chi connectivity index (χ3v) is 4.04. The first-order chi connectivity index (χ1) is 9.61. The highest BCUT2D eigenvalue weighted by Gasteiger charge is 2.16. The molecular weight excluding hydrogens is 317 g/mol. The molecule has 2 rings (SSSR count). The molecule has 0 spiro atoms. The van der Waals surface area contributed by atoms with E-state index in [1.54, 1.807) is 6.07 Å². The van der Waals surface area contributed by atoms with Gasteiger partial charge in [0.1, 0.15) is 5.82 Å². The van der Waals surface area contributed by atoms with Gasteiger partial charge in [-0.25, -0.2) is 4.39 Å². The quantitative estimate of drug-likeness (QED) is 0.772. The molecule has 0 aromatic heterocycles. The fourth-order valence-electron chi connectivity index (χ4n) is 2.33. The van der Waals surface area contributed by atoms with Gasteiger partial charge in [-0.3, -0.25) is 0 Å². The van der Waals surface area contributed by atoms with Crippen molar-refractivity contribution >= 4 is 15.9 Å². The molecule has 2 unspecified atom stereocenters. The molecule has 0 fully saturated rings. The van der Waals surface area contributed by atoms with E-state index in [1.807, 2.05) is 24.3 Å². The van der Waals surface area contributed by atoms with Gasteiger partial charge in [-0.2, -0.15) is 0 Å². The van der Waals surface area contributed by atoms with E-state index in [9.17, 15) is 4.39 Å². The van der Waals surface area contributed by atoms with Crippen molar-refractivity contribution in [3.8, 4) is 0 Å². The Balaban J connectivity index is 2.14. The first-order valence-corrected chi connectivity index (χ1v) is 7.67. The van der Waals surface area contributed by atoms with Crippen LogP contribution in [-0.4, -0.2) is 0 Å². The van der Waals surface area contributed by atoms with Crippen LogP contribution < -0.4 is 5.32 Å². The van der Waals surface area contributed by atoms with Gasteiger partial charge >= 0.3 is 0 Å². The van der Waals surface area contributed by atoms with Crippen LogP contribution in [0.1, 0.15) is 43.5 Å². The van der Waals surface area contributed by atoms with Gasteiger partial charge in [-0.05, 0) is 37.1 Å². The Morgan fingerprint density at radius 3 is 2.35 bits per heavy atom. The van der Waals surface area contributed by atoms with Crippen molar-refractivity contribution < 1.29 is 4.39 Å². The Labute approximate surface area is 128 Å². The zero-order valence-corrected chi connectivity index (χ0v) is 13.3. The fraction of sp³-hybridized carbons (Fsp3) is 0.294. The SMILES string of the molecule is CCC(NC(C)c1ccc(Br)cc1)c1ccccc1F. The van der Waals surface area contributed by atoms with Crippen molar-refractivity contribution in [2.45, 2.75) is 32.4 Å². The number of hydrogen-bond donors (Lipinski definition) is 1. The van der Waals surface area contributed by atoms with Gasteiger partial charge < -0.3 is 5.32 Å². The summed E-state index contributed by atoms with van der Waals surface area (Å²) >= 11 is 3.44. The normalized spacial score (nSPS) is 14.0. The molecule has 0 radical (unpaired) electrons. The van der Waals surface area contributed by atoms with E-state index in [1.165, 1.54) is 11.6 Å². The average molecular weight is 336 g/mol. The molecular formula is C17H19BrFN. The molecule has 3 heteroatoms. The lowest BCUT2D eigenvalue weighted by Gasteiger charge is -2.23. The number of nitrogens with one attached hydrogen (secondary N) is 1. The summed E-state index contributed by atoms with van der Waals surface area (Å²) in [6, 6.07) is 15.4. The monoisotopic (exact) mass is 335 g/mol. The van der Waals surface area contributed by atoms with Gasteiger partial charge in [-0.15, -0.1) is 0 Å². The molecule has 2 atom stereocenters. The zero-order valence-electron chi connectivity index (χ0n) is 11.7. The standard InChI is InChI=1S/C17H19BrFN/c1-3-17(15-6-4-5-7-16(15)19)20-12(2)13-8-10-14(18)11-9-13/h4-12,17,20H,3H2,1-2H3. The van der Waals surface area contributed by atoms with E-state index >= 15 is 0 Å². The Bertz CT molecular complexity index is 553. The Morgan fingerprint density at radius 2 is 1.75 bits per heavy atom. The van der Waals surface area contributed by atoms with Crippen LogP contribution >= 0.6 is 15.9 Å². The third kappa shape index (κ3) is 3.68. The summed E-state index contributed by atoms with van der Waals surface area (Å²) in [5.41, 5.74) is 1.93. The molecule has 20 heavy (non-hydrogen) atoms. The molecule has 0 aliphatic heterocycles. The van der Waals surface area contributed by atoms with Crippen molar-refractivity contribution in [1.82, 2.24) is 5.32 Å². The van der Waals surface area contributed by atoms with Crippen molar-refractivity contribution in [2.75, 3.05) is 0 Å². The summed E-state index contributed by atoms with van der Waals surface area (Å²) in [4.78, 5) is 0. The highest BCUT2D eigenvalue weighted by atomic mass is 79.9. The van der Waals surface area contributed by atoms with Gasteiger partial charge in [0.05, 0.1) is 0 Å². The van der Waals surface area contributed by atoms with Crippen LogP contribution in [0, 0.1) is 5.82 Å². The zero-order chi connectivity index (χ0) is 14.5. The smallest absolute Gasteiger partial charge is 0.127 e. The van der Waals surface area contributed by atoms with E-state index in [4.69, 9.17) is 0 Å². The molecule has 106 valence electrons. The molecule has 2 aromatic carbocycles. The topological polar surface area (TPSA) is 12.0 Å². The highest BCUT2D eigenvalue weighted by Crippen LogP contribution is 2.24. The van der Waals surface area contributed by atoms with E-state index in [0.29, 0.717) is 0 Å². The lowest BCUT2D eigenvalue weighted by molar-refractivity contribution is 0.439. The predicted molar refractivity (Wildman–Crippen MR) is 85.1 cm³/mol. The van der Waals surface area contributed by atoms with Crippen molar-refractivity contribution in [2.24, 2.45) is 0 Å². The molecule has 0 amide bonds. The van der Waals surface area contributed by atoms with Gasteiger partial charge in [0.25, 0.3) is 0 Å². The molecule has 0 saturated heterocycles. The van der Waals surface area contributed by atoms with Crippen LogP contribution in [0.3, 0.4) is 0 Å².